The lowest BCUT2D eigenvalue weighted by Gasteiger charge is -2.21. The summed E-state index contributed by atoms with van der Waals surface area (Å²) in [4.78, 5) is -0.664. The Hall–Kier alpha value is -0.520. The predicted octanol–water partition coefficient (Wildman–Crippen LogP) is 1.96. The molecule has 0 spiro atoms. The third-order valence-electron chi connectivity index (χ3n) is 3.18. The molecule has 3 heteroatoms. The van der Waals surface area contributed by atoms with Crippen molar-refractivity contribution in [3.63, 3.8) is 0 Å². The van der Waals surface area contributed by atoms with Crippen molar-refractivity contribution in [1.29, 1.82) is 5.26 Å². The molecular weight excluding hydrogens is 186 g/mol. The van der Waals surface area contributed by atoms with Gasteiger partial charge in [-0.2, -0.15) is 5.26 Å². The molecule has 1 saturated carbocycles. The summed E-state index contributed by atoms with van der Waals surface area (Å²) in [6.45, 7) is 0.707. The summed E-state index contributed by atoms with van der Waals surface area (Å²) in [5.41, 5.74) is 0. The zero-order chi connectivity index (χ0) is 9.47. The molecule has 4 unspecified atom stereocenters. The van der Waals surface area contributed by atoms with Gasteiger partial charge < -0.3 is 4.74 Å². The van der Waals surface area contributed by atoms with Gasteiger partial charge in [0.25, 0.3) is 0 Å². The van der Waals surface area contributed by atoms with Crippen molar-refractivity contribution < 1.29 is 4.74 Å². The Kier molecular flexibility index (Phi) is 2.09. The molecule has 0 aromatic heterocycles. The molecule has 4 atom stereocenters. The van der Waals surface area contributed by atoms with Crippen LogP contribution in [0.5, 0.6) is 0 Å². The van der Waals surface area contributed by atoms with Gasteiger partial charge in [0.1, 0.15) is 4.87 Å². The quantitative estimate of drug-likeness (QED) is 0.501. The Labute approximate surface area is 83.1 Å². The van der Waals surface area contributed by atoms with E-state index in [4.69, 9.17) is 21.6 Å². The van der Waals surface area contributed by atoms with Crippen molar-refractivity contribution in [2.75, 3.05) is 13.7 Å². The van der Waals surface area contributed by atoms with Crippen molar-refractivity contribution in [3.05, 3.63) is 12.2 Å². The Morgan fingerprint density at radius 1 is 1.69 bits per heavy atom. The second kappa shape index (κ2) is 3.01. The second-order valence-electron chi connectivity index (χ2n) is 3.87. The molecule has 0 saturated heterocycles. The largest absolute Gasteiger partial charge is 0.384 e. The van der Waals surface area contributed by atoms with Crippen LogP contribution in [-0.2, 0) is 4.74 Å². The molecule has 2 aliphatic carbocycles. The van der Waals surface area contributed by atoms with Crippen LogP contribution in [0.15, 0.2) is 12.2 Å². The monoisotopic (exact) mass is 197 g/mol. The normalized spacial score (nSPS) is 46.7. The van der Waals surface area contributed by atoms with Crippen LogP contribution < -0.4 is 0 Å². The van der Waals surface area contributed by atoms with Crippen molar-refractivity contribution in [2.24, 2.45) is 17.8 Å². The molecule has 2 aliphatic rings. The first-order valence-corrected chi connectivity index (χ1v) is 4.86. The number of rotatable bonds is 2. The van der Waals surface area contributed by atoms with E-state index in [2.05, 4.69) is 18.2 Å². The van der Waals surface area contributed by atoms with Crippen molar-refractivity contribution in [2.45, 2.75) is 11.3 Å². The van der Waals surface area contributed by atoms with Crippen LogP contribution in [0.25, 0.3) is 0 Å². The maximum absolute atomic E-state index is 8.98. The van der Waals surface area contributed by atoms with Crippen LogP contribution in [0.1, 0.15) is 6.42 Å². The molecule has 70 valence electrons. The van der Waals surface area contributed by atoms with E-state index in [0.717, 1.165) is 6.42 Å². The highest BCUT2D eigenvalue weighted by Gasteiger charge is 2.54. The van der Waals surface area contributed by atoms with E-state index in [1.165, 1.54) is 0 Å². The lowest BCUT2D eigenvalue weighted by atomic mass is 9.92. The van der Waals surface area contributed by atoms with Gasteiger partial charge in [0.15, 0.2) is 0 Å². The van der Waals surface area contributed by atoms with Gasteiger partial charge in [0.2, 0.25) is 0 Å². The first-order chi connectivity index (χ1) is 6.21. The molecule has 13 heavy (non-hydrogen) atoms. The van der Waals surface area contributed by atoms with Crippen LogP contribution >= 0.6 is 11.6 Å². The highest BCUT2D eigenvalue weighted by Crippen LogP contribution is 2.53. The zero-order valence-corrected chi connectivity index (χ0v) is 8.29. The molecule has 2 nitrogen and oxygen atoms in total. The maximum Gasteiger partial charge on any atom is 0.138 e. The van der Waals surface area contributed by atoms with Crippen molar-refractivity contribution in [1.82, 2.24) is 0 Å². The van der Waals surface area contributed by atoms with Gasteiger partial charge in [-0.1, -0.05) is 12.2 Å². The molecule has 0 N–H and O–H groups in total. The summed E-state index contributed by atoms with van der Waals surface area (Å²) >= 11 is 6.21. The number of ether oxygens (including phenoxy) is 1. The van der Waals surface area contributed by atoms with Gasteiger partial charge in [-0.15, -0.1) is 11.6 Å². The number of allylic oxidation sites excluding steroid dienone is 2. The second-order valence-corrected chi connectivity index (χ2v) is 4.55. The number of nitriles is 1. The van der Waals surface area contributed by atoms with Gasteiger partial charge in [0, 0.05) is 13.0 Å². The van der Waals surface area contributed by atoms with E-state index in [-0.39, 0.29) is 5.92 Å². The summed E-state index contributed by atoms with van der Waals surface area (Å²) in [7, 11) is 1.69. The molecule has 1 fully saturated rings. The minimum Gasteiger partial charge on any atom is -0.384 e. The van der Waals surface area contributed by atoms with Gasteiger partial charge in [-0.25, -0.2) is 0 Å². The number of nitrogens with zero attached hydrogens (tertiary/aromatic N) is 1. The summed E-state index contributed by atoms with van der Waals surface area (Å²) in [6, 6.07) is 2.22. The Morgan fingerprint density at radius 2 is 2.46 bits per heavy atom. The number of fused-ring (bicyclic) bond motifs is 2. The minimum absolute atomic E-state index is 0.184. The molecule has 0 heterocycles. The molecule has 0 aromatic rings. The van der Waals surface area contributed by atoms with E-state index in [1.807, 2.05) is 0 Å². The third-order valence-corrected chi connectivity index (χ3v) is 3.67. The maximum atomic E-state index is 8.98. The predicted molar refractivity (Wildman–Crippen MR) is 50.3 cm³/mol. The fraction of sp³-hybridized carbons (Fsp3) is 0.700. The smallest absolute Gasteiger partial charge is 0.138 e. The molecule has 0 radical (unpaired) electrons. The SMILES string of the molecule is COCC1C2C=CC1C(Cl)(C#N)C2. The highest BCUT2D eigenvalue weighted by atomic mass is 35.5. The van der Waals surface area contributed by atoms with E-state index in [9.17, 15) is 0 Å². The molecule has 0 aromatic carbocycles. The number of hydrogen-bond donors (Lipinski definition) is 0. The molecular formula is C10H12ClNO. The molecule has 2 bridgehead atoms. The average molecular weight is 198 g/mol. The van der Waals surface area contributed by atoms with Gasteiger partial charge >= 0.3 is 0 Å². The lowest BCUT2D eigenvalue weighted by molar-refractivity contribution is 0.134. The van der Waals surface area contributed by atoms with Gasteiger partial charge in [-0.3, -0.25) is 0 Å². The molecule has 0 amide bonds. The van der Waals surface area contributed by atoms with Crippen molar-refractivity contribution >= 4 is 11.6 Å². The fourth-order valence-corrected chi connectivity index (χ4v) is 2.96. The van der Waals surface area contributed by atoms with Crippen LogP contribution in [-0.4, -0.2) is 18.6 Å². The summed E-state index contributed by atoms with van der Waals surface area (Å²) in [6.07, 6.45) is 5.03. The minimum atomic E-state index is -0.664. The summed E-state index contributed by atoms with van der Waals surface area (Å²) in [5, 5.41) is 8.98. The van der Waals surface area contributed by atoms with E-state index >= 15 is 0 Å². The lowest BCUT2D eigenvalue weighted by Crippen LogP contribution is -2.27. The highest BCUT2D eigenvalue weighted by molar-refractivity contribution is 6.26. The first-order valence-electron chi connectivity index (χ1n) is 4.48. The first kappa shape index (κ1) is 9.05. The van der Waals surface area contributed by atoms with E-state index in [0.29, 0.717) is 18.4 Å². The Balaban J connectivity index is 2.20. The van der Waals surface area contributed by atoms with Crippen LogP contribution in [0, 0.1) is 29.1 Å². The van der Waals surface area contributed by atoms with Crippen LogP contribution in [0.4, 0.5) is 0 Å². The van der Waals surface area contributed by atoms with Crippen LogP contribution in [0.2, 0.25) is 0 Å². The van der Waals surface area contributed by atoms with Crippen LogP contribution in [0.3, 0.4) is 0 Å². The van der Waals surface area contributed by atoms with E-state index < -0.39 is 4.87 Å². The standard InChI is InChI=1S/C10H12ClNO/c1-13-5-8-7-2-3-9(8)10(11,4-7)6-12/h2-3,7-9H,4-5H2,1H3. The average Bonchev–Trinajstić information content (AvgIpc) is 2.61. The number of hydrogen-bond acceptors (Lipinski definition) is 2. The molecule has 2 rings (SSSR count). The number of methoxy groups -OCH3 is 1. The summed E-state index contributed by atoms with van der Waals surface area (Å²) < 4.78 is 5.14. The molecule has 0 aliphatic heterocycles. The number of halogens is 1. The Bertz CT molecular complexity index is 283. The zero-order valence-electron chi connectivity index (χ0n) is 7.53. The fourth-order valence-electron chi connectivity index (χ4n) is 2.54. The van der Waals surface area contributed by atoms with Crippen molar-refractivity contribution in [3.8, 4) is 6.07 Å². The Morgan fingerprint density at radius 3 is 3.00 bits per heavy atom. The van der Waals surface area contributed by atoms with Gasteiger partial charge in [0.05, 0.1) is 12.7 Å². The third kappa shape index (κ3) is 1.19. The summed E-state index contributed by atoms with van der Waals surface area (Å²) in [5.74, 6) is 1.05. The van der Waals surface area contributed by atoms with Gasteiger partial charge in [-0.05, 0) is 18.3 Å². The number of alkyl halides is 1. The van der Waals surface area contributed by atoms with E-state index in [1.54, 1.807) is 7.11 Å². The topological polar surface area (TPSA) is 33.0 Å².